The quantitative estimate of drug-likeness (QED) is 0.241. The second kappa shape index (κ2) is 12.3. The molecule has 0 aliphatic rings. The molecule has 0 saturated carbocycles. The second-order valence-corrected chi connectivity index (χ2v) is 9.67. The number of likely N-dealkylation sites (N-methyl/N-ethyl adjacent to an activating group) is 1. The van der Waals surface area contributed by atoms with Crippen LogP contribution in [-0.4, -0.2) is 40.9 Å². The van der Waals surface area contributed by atoms with Crippen molar-refractivity contribution in [1.29, 1.82) is 0 Å². The van der Waals surface area contributed by atoms with Gasteiger partial charge < -0.3 is 15.5 Å². The molecule has 0 fully saturated rings. The van der Waals surface area contributed by atoms with Gasteiger partial charge in [0, 0.05) is 34.4 Å². The zero-order chi connectivity index (χ0) is 27.1. The highest BCUT2D eigenvalue weighted by molar-refractivity contribution is 5.96. The summed E-state index contributed by atoms with van der Waals surface area (Å²) in [4.78, 5) is 24.8. The molecule has 0 atom stereocenters. The number of amides is 1. The third-order valence-corrected chi connectivity index (χ3v) is 6.29. The lowest BCUT2D eigenvalue weighted by molar-refractivity contribution is 0.0966. The topological polar surface area (TPSA) is 70.2 Å². The van der Waals surface area contributed by atoms with E-state index in [4.69, 9.17) is 9.97 Å². The fourth-order valence-corrected chi connectivity index (χ4v) is 4.11. The van der Waals surface area contributed by atoms with Crippen molar-refractivity contribution < 1.29 is 4.79 Å². The zero-order valence-corrected chi connectivity index (χ0v) is 22.7. The van der Waals surface area contributed by atoms with Gasteiger partial charge in [-0.1, -0.05) is 66.6 Å². The highest BCUT2D eigenvalue weighted by Gasteiger charge is 2.12. The van der Waals surface area contributed by atoms with Crippen LogP contribution < -0.4 is 10.6 Å². The normalized spacial score (nSPS) is 11.5. The summed E-state index contributed by atoms with van der Waals surface area (Å²) in [6, 6.07) is 25.4. The maximum atomic E-state index is 13.0. The molecule has 1 amide bonds. The number of anilines is 2. The molecule has 0 aliphatic carbocycles. The first-order chi connectivity index (χ1) is 18.3. The number of para-hydroxylation sites is 1. The van der Waals surface area contributed by atoms with Gasteiger partial charge in [-0.2, -0.15) is 0 Å². The Morgan fingerprint density at radius 1 is 0.895 bits per heavy atom. The SMILES string of the molecule is CCN(C)C/C(C)=C/C(NC(=O)c1ccc(Nc2nc(-c3ccccc3)c3ccccc3n2)cc1)=C(C)C. The number of aromatic nitrogens is 2. The molecule has 0 spiro atoms. The highest BCUT2D eigenvalue weighted by Crippen LogP contribution is 2.28. The number of fused-ring (bicyclic) bond motifs is 1. The Hall–Kier alpha value is -4.29. The Labute approximate surface area is 225 Å². The summed E-state index contributed by atoms with van der Waals surface area (Å²) in [5, 5.41) is 7.37. The van der Waals surface area contributed by atoms with Crippen LogP contribution in [0.4, 0.5) is 11.6 Å². The first-order valence-electron chi connectivity index (χ1n) is 12.9. The van der Waals surface area contributed by atoms with E-state index >= 15 is 0 Å². The van der Waals surface area contributed by atoms with Crippen molar-refractivity contribution in [2.75, 3.05) is 25.5 Å². The summed E-state index contributed by atoms with van der Waals surface area (Å²) < 4.78 is 0. The van der Waals surface area contributed by atoms with Crippen molar-refractivity contribution in [3.8, 4) is 11.3 Å². The summed E-state index contributed by atoms with van der Waals surface area (Å²) in [6.07, 6.45) is 2.05. The van der Waals surface area contributed by atoms with Crippen LogP contribution in [0.1, 0.15) is 38.1 Å². The van der Waals surface area contributed by atoms with E-state index in [2.05, 4.69) is 42.5 Å². The van der Waals surface area contributed by atoms with Crippen LogP contribution in [0.5, 0.6) is 0 Å². The molecule has 0 aliphatic heterocycles. The van der Waals surface area contributed by atoms with Crippen molar-refractivity contribution in [2.45, 2.75) is 27.7 Å². The zero-order valence-electron chi connectivity index (χ0n) is 22.7. The number of nitrogens with zero attached hydrogens (tertiary/aromatic N) is 3. The molecule has 4 aromatic rings. The smallest absolute Gasteiger partial charge is 0.255 e. The van der Waals surface area contributed by atoms with Crippen LogP contribution in [0, 0.1) is 0 Å². The Kier molecular flexibility index (Phi) is 8.66. The predicted molar refractivity (Wildman–Crippen MR) is 157 cm³/mol. The van der Waals surface area contributed by atoms with Crippen LogP contribution in [-0.2, 0) is 0 Å². The lowest BCUT2D eigenvalue weighted by atomic mass is 10.1. The lowest BCUT2D eigenvalue weighted by Gasteiger charge is -2.15. The van der Waals surface area contributed by atoms with Gasteiger partial charge in [-0.05, 0) is 70.8 Å². The van der Waals surface area contributed by atoms with E-state index in [1.165, 1.54) is 5.57 Å². The minimum absolute atomic E-state index is 0.144. The number of carbonyl (C=O) groups excluding carboxylic acids is 1. The molecule has 194 valence electrons. The number of nitrogens with one attached hydrogen (secondary N) is 2. The standard InChI is InChI=1S/C32H35N5O/c1-6-37(5)21-23(4)20-29(22(2)3)34-31(38)25-16-18-26(19-17-25)33-32-35-28-15-11-10-14-27(28)30(36-32)24-12-8-7-9-13-24/h7-20H,6,21H2,1-5H3,(H,34,38)(H,33,35,36)/b23-20+. The van der Waals surface area contributed by atoms with E-state index in [1.807, 2.05) is 80.6 Å². The van der Waals surface area contributed by atoms with Crippen LogP contribution >= 0.6 is 0 Å². The van der Waals surface area contributed by atoms with E-state index < -0.39 is 0 Å². The van der Waals surface area contributed by atoms with Gasteiger partial charge in [0.2, 0.25) is 5.95 Å². The van der Waals surface area contributed by atoms with Crippen molar-refractivity contribution in [1.82, 2.24) is 20.2 Å². The summed E-state index contributed by atoms with van der Waals surface area (Å²) in [6.45, 7) is 10.0. The highest BCUT2D eigenvalue weighted by atomic mass is 16.1. The number of allylic oxidation sites excluding steroid dienone is 2. The molecule has 38 heavy (non-hydrogen) atoms. The average Bonchev–Trinajstić information content (AvgIpc) is 2.93. The molecule has 0 saturated heterocycles. The molecule has 6 heteroatoms. The van der Waals surface area contributed by atoms with E-state index in [1.54, 1.807) is 12.1 Å². The van der Waals surface area contributed by atoms with Crippen molar-refractivity contribution in [3.05, 3.63) is 107 Å². The predicted octanol–water partition coefficient (Wildman–Crippen LogP) is 6.96. The van der Waals surface area contributed by atoms with Gasteiger partial charge in [0.25, 0.3) is 5.91 Å². The Morgan fingerprint density at radius 2 is 1.58 bits per heavy atom. The Balaban J connectivity index is 1.52. The molecular formula is C32H35N5O. The van der Waals surface area contributed by atoms with E-state index in [-0.39, 0.29) is 5.91 Å². The fourth-order valence-electron chi connectivity index (χ4n) is 4.11. The minimum atomic E-state index is -0.144. The molecule has 0 bridgehead atoms. The van der Waals surface area contributed by atoms with Gasteiger partial charge >= 0.3 is 0 Å². The molecular weight excluding hydrogens is 470 g/mol. The van der Waals surface area contributed by atoms with Gasteiger partial charge in [0.15, 0.2) is 0 Å². The Bertz CT molecular complexity index is 1470. The number of hydrogen-bond acceptors (Lipinski definition) is 5. The second-order valence-electron chi connectivity index (χ2n) is 9.67. The monoisotopic (exact) mass is 505 g/mol. The van der Waals surface area contributed by atoms with Gasteiger partial charge in [-0.3, -0.25) is 4.79 Å². The van der Waals surface area contributed by atoms with Crippen LogP contribution in [0.2, 0.25) is 0 Å². The number of hydrogen-bond donors (Lipinski definition) is 2. The third kappa shape index (κ3) is 6.72. The fraction of sp³-hybridized carbons (Fsp3) is 0.219. The maximum Gasteiger partial charge on any atom is 0.255 e. The molecule has 4 rings (SSSR count). The summed E-state index contributed by atoms with van der Waals surface area (Å²) in [7, 11) is 2.08. The Morgan fingerprint density at radius 3 is 2.26 bits per heavy atom. The maximum absolute atomic E-state index is 13.0. The van der Waals surface area contributed by atoms with Gasteiger partial charge in [-0.15, -0.1) is 0 Å². The average molecular weight is 506 g/mol. The van der Waals surface area contributed by atoms with Gasteiger partial charge in [-0.25, -0.2) is 9.97 Å². The molecule has 1 aromatic heterocycles. The van der Waals surface area contributed by atoms with E-state index in [0.29, 0.717) is 11.5 Å². The first kappa shape index (κ1) is 26.8. The van der Waals surface area contributed by atoms with Crippen LogP contribution in [0.3, 0.4) is 0 Å². The van der Waals surface area contributed by atoms with Crippen molar-refractivity contribution in [3.63, 3.8) is 0 Å². The van der Waals surface area contributed by atoms with E-state index in [0.717, 1.165) is 52.2 Å². The van der Waals surface area contributed by atoms with E-state index in [9.17, 15) is 4.79 Å². The van der Waals surface area contributed by atoms with Crippen molar-refractivity contribution >= 4 is 28.4 Å². The summed E-state index contributed by atoms with van der Waals surface area (Å²) in [5.74, 6) is 0.359. The number of carbonyl (C=O) groups is 1. The molecule has 1 heterocycles. The lowest BCUT2D eigenvalue weighted by Crippen LogP contribution is -2.24. The van der Waals surface area contributed by atoms with Crippen molar-refractivity contribution in [2.24, 2.45) is 0 Å². The van der Waals surface area contributed by atoms with Crippen LogP contribution in [0.25, 0.3) is 22.2 Å². The van der Waals surface area contributed by atoms with Crippen LogP contribution in [0.15, 0.2) is 102 Å². The molecule has 6 nitrogen and oxygen atoms in total. The molecule has 0 radical (unpaired) electrons. The van der Waals surface area contributed by atoms with Gasteiger partial charge in [0.05, 0.1) is 11.2 Å². The summed E-state index contributed by atoms with van der Waals surface area (Å²) >= 11 is 0. The molecule has 2 N–H and O–H groups in total. The molecule has 3 aromatic carbocycles. The minimum Gasteiger partial charge on any atom is -0.324 e. The number of rotatable bonds is 9. The first-order valence-corrected chi connectivity index (χ1v) is 12.9. The largest absolute Gasteiger partial charge is 0.324 e. The molecule has 0 unspecified atom stereocenters. The van der Waals surface area contributed by atoms with Gasteiger partial charge in [0.1, 0.15) is 0 Å². The number of benzene rings is 3. The summed E-state index contributed by atoms with van der Waals surface area (Å²) in [5.41, 5.74) is 7.22. The third-order valence-electron chi connectivity index (χ3n) is 6.29.